The number of carbonyl (C=O) groups is 2. The molecule has 1 unspecified atom stereocenters. The maximum atomic E-state index is 11.2. The van der Waals surface area contributed by atoms with Gasteiger partial charge in [0.1, 0.15) is 5.54 Å². The molecule has 0 spiro atoms. The number of aliphatic carboxylic acids is 1. The van der Waals surface area contributed by atoms with Crippen LogP contribution in [-0.2, 0) is 9.59 Å². The molecule has 0 heterocycles. The molecule has 15 heavy (non-hydrogen) atoms. The van der Waals surface area contributed by atoms with E-state index in [4.69, 9.17) is 0 Å². The van der Waals surface area contributed by atoms with E-state index >= 15 is 0 Å². The van der Waals surface area contributed by atoms with Crippen molar-refractivity contribution in [1.82, 2.24) is 4.90 Å². The summed E-state index contributed by atoms with van der Waals surface area (Å²) in [6, 6.07) is 0. The Morgan fingerprint density at radius 3 is 2.27 bits per heavy atom. The molecular formula is C11H19NO3. The fourth-order valence-electron chi connectivity index (χ4n) is 1.97. The molecule has 1 N–H and O–H groups in total. The van der Waals surface area contributed by atoms with Crippen molar-refractivity contribution in [2.45, 2.75) is 45.1 Å². The van der Waals surface area contributed by atoms with Crippen LogP contribution in [0.25, 0.3) is 0 Å². The van der Waals surface area contributed by atoms with Crippen LogP contribution in [0.15, 0.2) is 0 Å². The Hall–Kier alpha value is -1.06. The van der Waals surface area contributed by atoms with Gasteiger partial charge in [-0.05, 0) is 19.3 Å². The number of hydrogen-bond acceptors (Lipinski definition) is 2. The first-order valence-corrected chi connectivity index (χ1v) is 5.35. The maximum absolute atomic E-state index is 11.2. The number of likely N-dealkylation sites (N-methyl/N-ethyl adjacent to an activating group) is 1. The molecule has 1 aliphatic carbocycles. The summed E-state index contributed by atoms with van der Waals surface area (Å²) in [6.07, 6.45) is 3.94. The van der Waals surface area contributed by atoms with Crippen LogP contribution in [-0.4, -0.2) is 34.5 Å². The number of amides is 1. The molecule has 1 saturated carbocycles. The van der Waals surface area contributed by atoms with Gasteiger partial charge in [-0.3, -0.25) is 4.79 Å². The SMILES string of the molecule is CC(=O)N(C)C(C)(CC1CCC1)C(=O)O. The molecule has 1 aliphatic rings. The zero-order chi connectivity index (χ0) is 11.6. The van der Waals surface area contributed by atoms with E-state index in [-0.39, 0.29) is 5.91 Å². The summed E-state index contributed by atoms with van der Waals surface area (Å²) in [5.41, 5.74) is -1.04. The van der Waals surface area contributed by atoms with Gasteiger partial charge in [-0.2, -0.15) is 0 Å². The molecule has 0 aromatic rings. The molecule has 86 valence electrons. The summed E-state index contributed by atoms with van der Waals surface area (Å²) in [6.45, 7) is 3.04. The van der Waals surface area contributed by atoms with E-state index < -0.39 is 11.5 Å². The van der Waals surface area contributed by atoms with E-state index in [1.165, 1.54) is 18.2 Å². The average molecular weight is 213 g/mol. The van der Waals surface area contributed by atoms with Crippen molar-refractivity contribution in [3.8, 4) is 0 Å². The maximum Gasteiger partial charge on any atom is 0.329 e. The predicted molar refractivity (Wildman–Crippen MR) is 56.4 cm³/mol. The standard InChI is InChI=1S/C11H19NO3/c1-8(13)12(3)11(2,10(14)15)7-9-5-4-6-9/h9H,4-7H2,1-3H3,(H,14,15). The highest BCUT2D eigenvalue weighted by atomic mass is 16.4. The Morgan fingerprint density at radius 2 is 2.00 bits per heavy atom. The molecular weight excluding hydrogens is 194 g/mol. The first-order valence-electron chi connectivity index (χ1n) is 5.35. The third-order valence-corrected chi connectivity index (χ3v) is 3.58. The van der Waals surface area contributed by atoms with Crippen molar-refractivity contribution in [3.05, 3.63) is 0 Å². The third kappa shape index (κ3) is 2.30. The minimum Gasteiger partial charge on any atom is -0.480 e. The quantitative estimate of drug-likeness (QED) is 0.769. The lowest BCUT2D eigenvalue weighted by Crippen LogP contribution is -2.54. The van der Waals surface area contributed by atoms with E-state index in [0.29, 0.717) is 12.3 Å². The topological polar surface area (TPSA) is 57.6 Å². The van der Waals surface area contributed by atoms with Crippen LogP contribution in [0, 0.1) is 5.92 Å². The number of nitrogens with zero attached hydrogens (tertiary/aromatic N) is 1. The van der Waals surface area contributed by atoms with Crippen molar-refractivity contribution < 1.29 is 14.7 Å². The largest absolute Gasteiger partial charge is 0.480 e. The second kappa shape index (κ2) is 4.21. The molecule has 0 saturated heterocycles. The molecule has 1 atom stereocenters. The highest BCUT2D eigenvalue weighted by molar-refractivity contribution is 5.85. The van der Waals surface area contributed by atoms with Crippen molar-refractivity contribution in [2.24, 2.45) is 5.92 Å². The molecule has 0 aromatic carbocycles. The van der Waals surface area contributed by atoms with Crippen LogP contribution in [0.3, 0.4) is 0 Å². The lowest BCUT2D eigenvalue weighted by atomic mass is 9.76. The fraction of sp³-hybridized carbons (Fsp3) is 0.818. The minimum atomic E-state index is -1.04. The van der Waals surface area contributed by atoms with Gasteiger partial charge in [-0.15, -0.1) is 0 Å². The van der Waals surface area contributed by atoms with Crippen molar-refractivity contribution in [3.63, 3.8) is 0 Å². The molecule has 0 aromatic heterocycles. The van der Waals surface area contributed by atoms with Crippen LogP contribution in [0.5, 0.6) is 0 Å². The second-order valence-corrected chi connectivity index (χ2v) is 4.66. The first kappa shape index (κ1) is 12.0. The Labute approximate surface area is 90.3 Å². The normalized spacial score (nSPS) is 20.2. The van der Waals surface area contributed by atoms with Gasteiger partial charge in [0.05, 0.1) is 0 Å². The zero-order valence-electron chi connectivity index (χ0n) is 9.62. The lowest BCUT2D eigenvalue weighted by molar-refractivity contribution is -0.157. The van der Waals surface area contributed by atoms with E-state index in [1.54, 1.807) is 14.0 Å². The van der Waals surface area contributed by atoms with Gasteiger partial charge in [-0.25, -0.2) is 4.79 Å². The fourth-order valence-corrected chi connectivity index (χ4v) is 1.97. The number of carbonyl (C=O) groups excluding carboxylic acids is 1. The monoisotopic (exact) mass is 213 g/mol. The summed E-state index contributed by atoms with van der Waals surface area (Å²) in [5, 5.41) is 9.23. The van der Waals surface area contributed by atoms with Gasteiger partial charge in [0.25, 0.3) is 0 Å². The number of rotatable bonds is 4. The van der Waals surface area contributed by atoms with Crippen molar-refractivity contribution in [1.29, 1.82) is 0 Å². The number of carboxylic acid groups (broad SMARTS) is 1. The van der Waals surface area contributed by atoms with E-state index in [1.807, 2.05) is 0 Å². The first-order chi connectivity index (χ1) is 6.88. The van der Waals surface area contributed by atoms with Crippen LogP contribution in [0.1, 0.15) is 39.5 Å². The molecule has 0 bridgehead atoms. The molecule has 0 radical (unpaired) electrons. The van der Waals surface area contributed by atoms with Crippen LogP contribution < -0.4 is 0 Å². The van der Waals surface area contributed by atoms with Crippen LogP contribution in [0.2, 0.25) is 0 Å². The van der Waals surface area contributed by atoms with Crippen molar-refractivity contribution >= 4 is 11.9 Å². The Balaban J connectivity index is 2.76. The Bertz CT molecular complexity index is 273. The highest BCUT2D eigenvalue weighted by Gasteiger charge is 2.42. The summed E-state index contributed by atoms with van der Waals surface area (Å²) in [4.78, 5) is 23.8. The number of carboxylic acids is 1. The van der Waals surface area contributed by atoms with E-state index in [2.05, 4.69) is 0 Å². The lowest BCUT2D eigenvalue weighted by Gasteiger charge is -2.39. The minimum absolute atomic E-state index is 0.195. The summed E-state index contributed by atoms with van der Waals surface area (Å²) in [7, 11) is 1.56. The van der Waals surface area contributed by atoms with E-state index in [9.17, 15) is 14.7 Å². The average Bonchev–Trinajstić information content (AvgIpc) is 2.09. The highest BCUT2D eigenvalue weighted by Crippen LogP contribution is 2.35. The van der Waals surface area contributed by atoms with Gasteiger partial charge in [0, 0.05) is 14.0 Å². The van der Waals surface area contributed by atoms with Crippen molar-refractivity contribution in [2.75, 3.05) is 7.05 Å². The van der Waals surface area contributed by atoms with Gasteiger partial charge >= 0.3 is 5.97 Å². The molecule has 1 fully saturated rings. The molecule has 0 aliphatic heterocycles. The number of hydrogen-bond donors (Lipinski definition) is 1. The Morgan fingerprint density at radius 1 is 1.47 bits per heavy atom. The predicted octanol–water partition coefficient (Wildman–Crippen LogP) is 1.50. The molecule has 1 rings (SSSR count). The van der Waals surface area contributed by atoms with Gasteiger partial charge in [0.15, 0.2) is 0 Å². The van der Waals surface area contributed by atoms with Gasteiger partial charge < -0.3 is 10.0 Å². The van der Waals surface area contributed by atoms with Gasteiger partial charge in [0.2, 0.25) is 5.91 Å². The smallest absolute Gasteiger partial charge is 0.329 e. The summed E-state index contributed by atoms with van der Waals surface area (Å²) >= 11 is 0. The summed E-state index contributed by atoms with van der Waals surface area (Å²) in [5.74, 6) is -0.640. The Kier molecular flexibility index (Phi) is 3.37. The van der Waals surface area contributed by atoms with Gasteiger partial charge in [-0.1, -0.05) is 19.3 Å². The van der Waals surface area contributed by atoms with E-state index in [0.717, 1.165) is 12.8 Å². The third-order valence-electron chi connectivity index (χ3n) is 3.58. The van der Waals surface area contributed by atoms with Crippen LogP contribution >= 0.6 is 0 Å². The second-order valence-electron chi connectivity index (χ2n) is 4.66. The molecule has 4 nitrogen and oxygen atoms in total. The van der Waals surface area contributed by atoms with Crippen LogP contribution in [0.4, 0.5) is 0 Å². The zero-order valence-corrected chi connectivity index (χ0v) is 9.62. The summed E-state index contributed by atoms with van der Waals surface area (Å²) < 4.78 is 0. The molecule has 1 amide bonds. The molecule has 4 heteroatoms.